The van der Waals surface area contributed by atoms with Gasteiger partial charge in [-0.25, -0.2) is 0 Å². The van der Waals surface area contributed by atoms with E-state index < -0.39 is 12.1 Å². The highest BCUT2D eigenvalue weighted by Gasteiger charge is 2.17. The van der Waals surface area contributed by atoms with Crippen molar-refractivity contribution in [2.24, 2.45) is 0 Å². The van der Waals surface area contributed by atoms with Crippen molar-refractivity contribution in [2.45, 2.75) is 219 Å². The van der Waals surface area contributed by atoms with Crippen molar-refractivity contribution in [3.63, 3.8) is 0 Å². The summed E-state index contributed by atoms with van der Waals surface area (Å²) in [5, 5.41) is 22.9. The van der Waals surface area contributed by atoms with E-state index in [0.717, 1.165) is 51.4 Å². The molecule has 4 nitrogen and oxygen atoms in total. The highest BCUT2D eigenvalue weighted by atomic mass is 16.3. The molecule has 0 spiro atoms. The highest BCUT2D eigenvalue weighted by Crippen LogP contribution is 2.14. The van der Waals surface area contributed by atoms with Crippen molar-refractivity contribution in [3.05, 3.63) is 48.6 Å². The van der Waals surface area contributed by atoms with Gasteiger partial charge in [0.05, 0.1) is 18.8 Å². The second kappa shape index (κ2) is 39.8. The second-order valence-corrected chi connectivity index (χ2v) is 14.0. The number of amides is 1. The lowest BCUT2D eigenvalue weighted by atomic mass is 10.0. The third-order valence-electron chi connectivity index (χ3n) is 9.26. The van der Waals surface area contributed by atoms with Gasteiger partial charge in [-0.3, -0.25) is 4.79 Å². The van der Waals surface area contributed by atoms with E-state index in [1.807, 2.05) is 6.08 Å². The lowest BCUT2D eigenvalue weighted by Crippen LogP contribution is -2.45. The molecule has 0 aliphatic heterocycles. The van der Waals surface area contributed by atoms with E-state index in [1.54, 1.807) is 6.08 Å². The maximum atomic E-state index is 12.3. The van der Waals surface area contributed by atoms with E-state index in [0.29, 0.717) is 6.42 Å². The Balaban J connectivity index is 3.63. The monoisotopic (exact) mass is 672 g/mol. The van der Waals surface area contributed by atoms with Gasteiger partial charge in [0, 0.05) is 6.42 Å². The summed E-state index contributed by atoms with van der Waals surface area (Å²) in [4.78, 5) is 12.3. The lowest BCUT2D eigenvalue weighted by Gasteiger charge is -2.19. The predicted molar refractivity (Wildman–Crippen MR) is 211 cm³/mol. The minimum Gasteiger partial charge on any atom is -0.394 e. The normalized spacial score (nSPS) is 13.5. The third kappa shape index (κ3) is 35.7. The van der Waals surface area contributed by atoms with Crippen molar-refractivity contribution in [2.75, 3.05) is 6.61 Å². The molecule has 48 heavy (non-hydrogen) atoms. The summed E-state index contributed by atoms with van der Waals surface area (Å²) in [6, 6.07) is -0.648. The molecule has 0 saturated heterocycles. The van der Waals surface area contributed by atoms with E-state index in [9.17, 15) is 15.0 Å². The number of carbonyl (C=O) groups is 1. The van der Waals surface area contributed by atoms with Gasteiger partial charge in [-0.1, -0.05) is 184 Å². The number of nitrogens with one attached hydrogen (secondary N) is 1. The van der Waals surface area contributed by atoms with Gasteiger partial charge < -0.3 is 15.5 Å². The highest BCUT2D eigenvalue weighted by molar-refractivity contribution is 5.76. The van der Waals surface area contributed by atoms with E-state index in [1.165, 1.54) is 135 Å². The second-order valence-electron chi connectivity index (χ2n) is 14.0. The summed E-state index contributed by atoms with van der Waals surface area (Å²) in [5.74, 6) is -0.0906. The molecule has 2 unspecified atom stereocenters. The zero-order valence-electron chi connectivity index (χ0n) is 32.0. The van der Waals surface area contributed by atoms with Crippen molar-refractivity contribution in [1.82, 2.24) is 5.32 Å². The average molecular weight is 672 g/mol. The molecule has 1 amide bonds. The Morgan fingerprint density at radius 1 is 0.479 bits per heavy atom. The fraction of sp³-hybridized carbons (Fsp3) is 0.795. The van der Waals surface area contributed by atoms with E-state index in [4.69, 9.17) is 0 Å². The van der Waals surface area contributed by atoms with Gasteiger partial charge in [0.1, 0.15) is 0 Å². The fourth-order valence-corrected chi connectivity index (χ4v) is 6.01. The Labute approximate surface area is 299 Å². The van der Waals surface area contributed by atoms with Crippen molar-refractivity contribution < 1.29 is 15.0 Å². The zero-order chi connectivity index (χ0) is 35.0. The molecule has 4 heteroatoms. The van der Waals surface area contributed by atoms with Crippen LogP contribution < -0.4 is 5.32 Å². The van der Waals surface area contributed by atoms with Crippen molar-refractivity contribution in [1.29, 1.82) is 0 Å². The van der Waals surface area contributed by atoms with Crippen LogP contribution in [0, 0.1) is 0 Å². The number of rotatable bonds is 37. The first-order chi connectivity index (χ1) is 23.7. The molecule has 280 valence electrons. The van der Waals surface area contributed by atoms with E-state index in [-0.39, 0.29) is 12.5 Å². The maximum Gasteiger partial charge on any atom is 0.220 e. The first kappa shape index (κ1) is 46.4. The van der Waals surface area contributed by atoms with Crippen LogP contribution in [-0.4, -0.2) is 34.9 Å². The van der Waals surface area contributed by atoms with Gasteiger partial charge in [-0.15, -0.1) is 0 Å². The van der Waals surface area contributed by atoms with Crippen LogP contribution in [0.3, 0.4) is 0 Å². The molecule has 0 heterocycles. The zero-order valence-corrected chi connectivity index (χ0v) is 32.0. The number of aliphatic hydroxyl groups is 2. The summed E-state index contributed by atoms with van der Waals surface area (Å²) < 4.78 is 0. The lowest BCUT2D eigenvalue weighted by molar-refractivity contribution is -0.123. The Hall–Kier alpha value is -1.65. The first-order valence-corrected chi connectivity index (χ1v) is 20.9. The Morgan fingerprint density at radius 3 is 1.27 bits per heavy atom. The molecule has 0 bridgehead atoms. The van der Waals surface area contributed by atoms with Crippen molar-refractivity contribution >= 4 is 5.91 Å². The third-order valence-corrected chi connectivity index (χ3v) is 9.26. The number of hydrogen-bond acceptors (Lipinski definition) is 3. The Bertz CT molecular complexity index is 771. The van der Waals surface area contributed by atoms with Gasteiger partial charge in [-0.05, 0) is 64.2 Å². The molecule has 0 aromatic heterocycles. The van der Waals surface area contributed by atoms with Crippen LogP contribution in [0.1, 0.15) is 206 Å². The fourth-order valence-electron chi connectivity index (χ4n) is 6.01. The molecule has 0 rings (SSSR count). The summed E-state index contributed by atoms with van der Waals surface area (Å²) in [6.07, 6.45) is 53.7. The van der Waals surface area contributed by atoms with E-state index in [2.05, 4.69) is 55.6 Å². The Kier molecular flexibility index (Phi) is 38.4. The van der Waals surface area contributed by atoms with Crippen LogP contribution in [0.2, 0.25) is 0 Å². The van der Waals surface area contributed by atoms with Gasteiger partial charge >= 0.3 is 0 Å². The molecular weight excluding hydrogens is 590 g/mol. The predicted octanol–water partition coefficient (Wildman–Crippen LogP) is 12.8. The molecule has 0 fully saturated rings. The molecule has 0 aromatic rings. The average Bonchev–Trinajstić information content (AvgIpc) is 3.09. The summed E-state index contributed by atoms with van der Waals surface area (Å²) >= 11 is 0. The van der Waals surface area contributed by atoms with Gasteiger partial charge in [-0.2, -0.15) is 0 Å². The molecule has 2 atom stereocenters. The topological polar surface area (TPSA) is 69.6 Å². The molecule has 0 radical (unpaired) electrons. The van der Waals surface area contributed by atoms with Gasteiger partial charge in [0.15, 0.2) is 0 Å². The summed E-state index contributed by atoms with van der Waals surface area (Å²) in [7, 11) is 0. The number of aliphatic hydroxyl groups excluding tert-OH is 2. The molecule has 0 aliphatic rings. The minimum atomic E-state index is -0.872. The van der Waals surface area contributed by atoms with Gasteiger partial charge in [0.2, 0.25) is 5.91 Å². The molecule has 0 saturated carbocycles. The molecule has 0 aliphatic carbocycles. The number of allylic oxidation sites excluding steroid dienone is 7. The van der Waals surface area contributed by atoms with Crippen LogP contribution in [-0.2, 0) is 4.79 Å². The first-order valence-electron chi connectivity index (χ1n) is 20.9. The van der Waals surface area contributed by atoms with Crippen LogP contribution in [0.5, 0.6) is 0 Å². The minimum absolute atomic E-state index is 0.0906. The van der Waals surface area contributed by atoms with Crippen LogP contribution in [0.4, 0.5) is 0 Å². The largest absolute Gasteiger partial charge is 0.394 e. The number of carbonyl (C=O) groups excluding carboxylic acids is 1. The van der Waals surface area contributed by atoms with Crippen molar-refractivity contribution in [3.8, 4) is 0 Å². The van der Waals surface area contributed by atoms with E-state index >= 15 is 0 Å². The number of hydrogen-bond donors (Lipinski definition) is 3. The quantitative estimate of drug-likeness (QED) is 0.0455. The summed E-state index contributed by atoms with van der Waals surface area (Å²) in [5.41, 5.74) is 0. The SMILES string of the molecule is CCCC/C=C\CCCCCCCC(=O)NC(CO)C(O)/C=C/CC/C=C/CC/C=C/CCCCCCCCCCCCCCCCC. The van der Waals surface area contributed by atoms with Crippen LogP contribution in [0.15, 0.2) is 48.6 Å². The van der Waals surface area contributed by atoms with Crippen LogP contribution in [0.25, 0.3) is 0 Å². The smallest absolute Gasteiger partial charge is 0.220 e. The number of unbranched alkanes of at least 4 members (excludes halogenated alkanes) is 24. The van der Waals surface area contributed by atoms with Gasteiger partial charge in [0.25, 0.3) is 0 Å². The van der Waals surface area contributed by atoms with Crippen LogP contribution >= 0.6 is 0 Å². The summed E-state index contributed by atoms with van der Waals surface area (Å²) in [6.45, 7) is 4.24. The molecule has 3 N–H and O–H groups in total. The Morgan fingerprint density at radius 2 is 0.833 bits per heavy atom. The standard InChI is InChI=1S/C44H81NO3/c1-3-5-7-9-11-13-15-16-17-18-19-20-21-22-23-24-25-26-27-28-30-31-33-35-37-39-43(47)42(41-46)45-44(48)40-38-36-34-32-29-14-12-10-8-6-4-2/h10,12,25-26,30-31,37,39,42-43,46-47H,3-9,11,13-24,27-29,32-36,38,40-41H2,1-2H3,(H,45,48)/b12-10-,26-25+,31-30+,39-37+. The molecule has 0 aromatic carbocycles. The maximum absolute atomic E-state index is 12.3. The molecular formula is C44H81NO3.